The quantitative estimate of drug-likeness (QED) is 0.736. The van der Waals surface area contributed by atoms with Crippen molar-refractivity contribution < 1.29 is 13.2 Å². The monoisotopic (exact) mass is 255 g/mol. The maximum atomic E-state index is 12.7. The summed E-state index contributed by atoms with van der Waals surface area (Å²) in [5, 5.41) is 0. The summed E-state index contributed by atoms with van der Waals surface area (Å²) in [5.41, 5.74) is 0.303. The van der Waals surface area contributed by atoms with Gasteiger partial charge in [-0.25, -0.2) is 0 Å². The Hall–Kier alpha value is -1.03. The standard InChI is InChI=1S/C14H16F3N/c15-14(16,17)12-3-1-2-11(9-12)13-8-10-4-6-18(13)7-5-10/h1-3,9-10,13H,4-8H2. The molecule has 1 nitrogen and oxygen atoms in total. The second kappa shape index (κ2) is 4.26. The number of nitrogens with zero attached hydrogens (tertiary/aromatic N) is 1. The molecule has 2 bridgehead atoms. The van der Waals surface area contributed by atoms with E-state index >= 15 is 0 Å². The fourth-order valence-electron chi connectivity index (χ4n) is 3.23. The Morgan fingerprint density at radius 3 is 2.39 bits per heavy atom. The Morgan fingerprint density at radius 2 is 1.83 bits per heavy atom. The van der Waals surface area contributed by atoms with Gasteiger partial charge >= 0.3 is 6.18 Å². The average molecular weight is 255 g/mol. The molecule has 3 aliphatic rings. The molecule has 18 heavy (non-hydrogen) atoms. The number of hydrogen-bond donors (Lipinski definition) is 0. The van der Waals surface area contributed by atoms with E-state index in [2.05, 4.69) is 4.90 Å². The molecule has 0 N–H and O–H groups in total. The van der Waals surface area contributed by atoms with Crippen LogP contribution in [0.1, 0.15) is 36.4 Å². The van der Waals surface area contributed by atoms with E-state index in [0.717, 1.165) is 31.1 Å². The van der Waals surface area contributed by atoms with E-state index in [0.29, 0.717) is 5.92 Å². The van der Waals surface area contributed by atoms with Crippen LogP contribution < -0.4 is 0 Å². The van der Waals surface area contributed by atoms with Gasteiger partial charge in [0.2, 0.25) is 0 Å². The van der Waals surface area contributed by atoms with Crippen LogP contribution >= 0.6 is 0 Å². The van der Waals surface area contributed by atoms with Crippen LogP contribution in [0.4, 0.5) is 13.2 Å². The number of fused-ring (bicyclic) bond motifs is 3. The molecule has 98 valence electrons. The molecule has 3 heterocycles. The summed E-state index contributed by atoms with van der Waals surface area (Å²) >= 11 is 0. The minimum atomic E-state index is -4.24. The average Bonchev–Trinajstić information content (AvgIpc) is 2.39. The van der Waals surface area contributed by atoms with Crippen LogP contribution in [-0.2, 0) is 6.18 Å². The van der Waals surface area contributed by atoms with Gasteiger partial charge in [0.05, 0.1) is 5.56 Å². The predicted molar refractivity (Wildman–Crippen MR) is 63.1 cm³/mol. The van der Waals surface area contributed by atoms with Gasteiger partial charge in [-0.1, -0.05) is 12.1 Å². The van der Waals surface area contributed by atoms with Crippen molar-refractivity contribution in [1.82, 2.24) is 4.90 Å². The molecule has 3 saturated heterocycles. The van der Waals surface area contributed by atoms with E-state index in [1.807, 2.05) is 6.07 Å². The summed E-state index contributed by atoms with van der Waals surface area (Å²) in [7, 11) is 0. The molecule has 0 amide bonds. The van der Waals surface area contributed by atoms with Crippen molar-refractivity contribution in [3.8, 4) is 0 Å². The Labute approximate surface area is 105 Å². The van der Waals surface area contributed by atoms with Crippen molar-refractivity contribution in [2.45, 2.75) is 31.5 Å². The molecule has 4 rings (SSSR count). The summed E-state index contributed by atoms with van der Waals surface area (Å²) < 4.78 is 38.1. The van der Waals surface area contributed by atoms with Gasteiger partial charge in [-0.2, -0.15) is 13.2 Å². The number of halogens is 3. The molecule has 0 radical (unpaired) electrons. The second-order valence-electron chi connectivity index (χ2n) is 5.35. The number of alkyl halides is 3. The molecule has 1 atom stereocenters. The molecule has 3 aliphatic heterocycles. The maximum absolute atomic E-state index is 12.7. The highest BCUT2D eigenvalue weighted by Crippen LogP contribution is 2.41. The predicted octanol–water partition coefficient (Wildman–Crippen LogP) is 3.86. The minimum Gasteiger partial charge on any atom is -0.296 e. The van der Waals surface area contributed by atoms with Crippen LogP contribution in [0.2, 0.25) is 0 Å². The normalized spacial score (nSPS) is 31.6. The van der Waals surface area contributed by atoms with Crippen LogP contribution in [-0.4, -0.2) is 18.0 Å². The van der Waals surface area contributed by atoms with Gasteiger partial charge in [-0.05, 0) is 56.0 Å². The van der Waals surface area contributed by atoms with Gasteiger partial charge < -0.3 is 0 Å². The number of piperidine rings is 3. The topological polar surface area (TPSA) is 3.24 Å². The number of benzene rings is 1. The van der Waals surface area contributed by atoms with Gasteiger partial charge in [0.15, 0.2) is 0 Å². The van der Waals surface area contributed by atoms with Gasteiger partial charge in [-0.3, -0.25) is 4.90 Å². The lowest BCUT2D eigenvalue weighted by atomic mass is 9.80. The highest BCUT2D eigenvalue weighted by atomic mass is 19.4. The van der Waals surface area contributed by atoms with E-state index in [1.54, 1.807) is 0 Å². The Kier molecular flexibility index (Phi) is 2.85. The third kappa shape index (κ3) is 2.14. The lowest BCUT2D eigenvalue weighted by molar-refractivity contribution is -0.137. The first kappa shape index (κ1) is 12.0. The van der Waals surface area contributed by atoms with Crippen molar-refractivity contribution in [3.05, 3.63) is 35.4 Å². The van der Waals surface area contributed by atoms with Crippen molar-refractivity contribution in [2.24, 2.45) is 5.92 Å². The molecule has 3 fully saturated rings. The lowest BCUT2D eigenvalue weighted by Gasteiger charge is -2.45. The minimum absolute atomic E-state index is 0.194. The summed E-state index contributed by atoms with van der Waals surface area (Å²) in [4.78, 5) is 2.33. The van der Waals surface area contributed by atoms with Gasteiger partial charge in [0.25, 0.3) is 0 Å². The summed E-state index contributed by atoms with van der Waals surface area (Å²) in [6.45, 7) is 2.07. The molecule has 1 aromatic rings. The zero-order valence-corrected chi connectivity index (χ0v) is 10.1. The fourth-order valence-corrected chi connectivity index (χ4v) is 3.23. The van der Waals surface area contributed by atoms with E-state index in [1.165, 1.54) is 25.0 Å². The first-order valence-corrected chi connectivity index (χ1v) is 6.45. The zero-order valence-electron chi connectivity index (χ0n) is 10.1. The van der Waals surface area contributed by atoms with Gasteiger partial charge in [-0.15, -0.1) is 0 Å². The summed E-state index contributed by atoms with van der Waals surface area (Å²) in [5.74, 6) is 0.703. The van der Waals surface area contributed by atoms with Crippen molar-refractivity contribution in [3.63, 3.8) is 0 Å². The smallest absolute Gasteiger partial charge is 0.296 e. The van der Waals surface area contributed by atoms with Crippen molar-refractivity contribution >= 4 is 0 Å². The molecule has 0 aromatic heterocycles. The molecular formula is C14H16F3N. The van der Waals surface area contributed by atoms with Crippen LogP contribution in [0.3, 0.4) is 0 Å². The molecule has 0 saturated carbocycles. The van der Waals surface area contributed by atoms with Crippen LogP contribution in [0.15, 0.2) is 24.3 Å². The largest absolute Gasteiger partial charge is 0.416 e. The SMILES string of the molecule is FC(F)(F)c1cccc(C2CC3CCN2CC3)c1. The lowest BCUT2D eigenvalue weighted by Crippen LogP contribution is -2.43. The van der Waals surface area contributed by atoms with E-state index in [-0.39, 0.29) is 6.04 Å². The Bertz CT molecular complexity index is 433. The fraction of sp³-hybridized carbons (Fsp3) is 0.571. The van der Waals surface area contributed by atoms with Crippen LogP contribution in [0.25, 0.3) is 0 Å². The number of hydrogen-bond acceptors (Lipinski definition) is 1. The van der Waals surface area contributed by atoms with Gasteiger partial charge in [0.1, 0.15) is 0 Å². The Balaban J connectivity index is 1.88. The third-order valence-electron chi connectivity index (χ3n) is 4.25. The van der Waals surface area contributed by atoms with E-state index < -0.39 is 11.7 Å². The highest BCUT2D eigenvalue weighted by molar-refractivity contribution is 5.28. The molecule has 0 aliphatic carbocycles. The molecule has 0 spiro atoms. The molecule has 1 aromatic carbocycles. The Morgan fingerprint density at radius 1 is 1.11 bits per heavy atom. The van der Waals surface area contributed by atoms with E-state index in [9.17, 15) is 13.2 Å². The summed E-state index contributed by atoms with van der Waals surface area (Å²) in [6.07, 6.45) is -0.814. The molecule has 1 unspecified atom stereocenters. The van der Waals surface area contributed by atoms with Crippen LogP contribution in [0, 0.1) is 5.92 Å². The van der Waals surface area contributed by atoms with Crippen molar-refractivity contribution in [2.75, 3.05) is 13.1 Å². The van der Waals surface area contributed by atoms with Crippen LogP contribution in [0.5, 0.6) is 0 Å². The first-order chi connectivity index (χ1) is 8.54. The maximum Gasteiger partial charge on any atom is 0.416 e. The first-order valence-electron chi connectivity index (χ1n) is 6.45. The zero-order chi connectivity index (χ0) is 12.8. The van der Waals surface area contributed by atoms with E-state index in [4.69, 9.17) is 0 Å². The summed E-state index contributed by atoms with van der Waals surface area (Å²) in [6, 6.07) is 6.03. The third-order valence-corrected chi connectivity index (χ3v) is 4.25. The van der Waals surface area contributed by atoms with Gasteiger partial charge in [0, 0.05) is 6.04 Å². The highest BCUT2D eigenvalue weighted by Gasteiger charge is 2.36. The molecule has 4 heteroatoms. The van der Waals surface area contributed by atoms with Crippen molar-refractivity contribution in [1.29, 1.82) is 0 Å². The number of rotatable bonds is 1. The second-order valence-corrected chi connectivity index (χ2v) is 5.35. The molecular weight excluding hydrogens is 239 g/mol.